The topological polar surface area (TPSA) is 70.2 Å². The van der Waals surface area contributed by atoms with Gasteiger partial charge in [0.1, 0.15) is 0 Å². The number of benzene rings is 1. The van der Waals surface area contributed by atoms with Crippen LogP contribution in [0.4, 0.5) is 0 Å². The minimum absolute atomic E-state index is 0.0576. The van der Waals surface area contributed by atoms with Crippen molar-refractivity contribution >= 4 is 16.9 Å². The van der Waals surface area contributed by atoms with Crippen molar-refractivity contribution < 1.29 is 9.53 Å². The van der Waals surface area contributed by atoms with Gasteiger partial charge in [-0.05, 0) is 32.0 Å². The Labute approximate surface area is 129 Å². The molecule has 0 radical (unpaired) electrons. The van der Waals surface area contributed by atoms with Crippen LogP contribution in [0.25, 0.3) is 11.0 Å². The van der Waals surface area contributed by atoms with Gasteiger partial charge in [-0.15, -0.1) is 0 Å². The third kappa shape index (κ3) is 3.13. The third-order valence-corrected chi connectivity index (χ3v) is 4.23. The maximum Gasteiger partial charge on any atom is 0.251 e. The van der Waals surface area contributed by atoms with Crippen molar-refractivity contribution in [3.05, 3.63) is 30.1 Å². The predicted molar refractivity (Wildman–Crippen MR) is 84.9 cm³/mol. The Kier molecular flexibility index (Phi) is 4.13. The first-order valence-electron chi connectivity index (χ1n) is 7.60. The molecule has 1 saturated heterocycles. The molecule has 1 aliphatic rings. The number of hydrogen-bond donors (Lipinski definition) is 2. The molecule has 2 N–H and O–H groups in total. The normalized spacial score (nSPS) is 16.8. The zero-order chi connectivity index (χ0) is 15.6. The second kappa shape index (κ2) is 6.06. The summed E-state index contributed by atoms with van der Waals surface area (Å²) in [4.78, 5) is 21.9. The number of H-pyrrole nitrogens is 1. The van der Waals surface area contributed by atoms with Gasteiger partial charge in [0.15, 0.2) is 0 Å². The van der Waals surface area contributed by atoms with Gasteiger partial charge in [-0.25, -0.2) is 4.98 Å². The molecule has 0 atom stereocenters. The highest BCUT2D eigenvalue weighted by atomic mass is 16.5. The van der Waals surface area contributed by atoms with E-state index in [-0.39, 0.29) is 11.4 Å². The number of nitrogens with one attached hydrogen (secondary N) is 2. The molecule has 0 bridgehead atoms. The predicted octanol–water partition coefficient (Wildman–Crippen LogP) is 1.40. The van der Waals surface area contributed by atoms with Crippen molar-refractivity contribution in [1.82, 2.24) is 20.2 Å². The van der Waals surface area contributed by atoms with E-state index in [0.29, 0.717) is 12.1 Å². The van der Waals surface area contributed by atoms with Gasteiger partial charge < -0.3 is 15.0 Å². The van der Waals surface area contributed by atoms with Gasteiger partial charge in [0.05, 0.1) is 30.6 Å². The van der Waals surface area contributed by atoms with E-state index < -0.39 is 0 Å². The van der Waals surface area contributed by atoms with Crippen LogP contribution in [0.15, 0.2) is 24.5 Å². The van der Waals surface area contributed by atoms with E-state index in [1.54, 1.807) is 12.4 Å². The lowest BCUT2D eigenvalue weighted by Gasteiger charge is -2.40. The summed E-state index contributed by atoms with van der Waals surface area (Å²) in [6.45, 7) is 8.23. The number of aromatic nitrogens is 2. The minimum Gasteiger partial charge on any atom is -0.379 e. The summed E-state index contributed by atoms with van der Waals surface area (Å²) in [6.07, 6.45) is 1.63. The molecule has 6 heteroatoms. The van der Waals surface area contributed by atoms with Crippen LogP contribution in [-0.2, 0) is 4.74 Å². The summed E-state index contributed by atoms with van der Waals surface area (Å²) in [5.41, 5.74) is 2.30. The Bertz CT molecular complexity index is 659. The molecule has 1 aliphatic heterocycles. The third-order valence-electron chi connectivity index (χ3n) is 4.23. The number of nitrogens with zero attached hydrogens (tertiary/aromatic N) is 2. The number of aromatic amines is 1. The number of imidazole rings is 1. The van der Waals surface area contributed by atoms with Crippen LogP contribution < -0.4 is 5.32 Å². The first-order chi connectivity index (χ1) is 10.6. The molecule has 1 aromatic carbocycles. The standard InChI is InChI=1S/C16H22N4O2/c1-16(2,20-5-7-22-8-6-20)10-17-15(21)12-3-4-13-14(9-12)19-11-18-13/h3-4,9,11H,5-8,10H2,1-2H3,(H,17,21)(H,18,19). The lowest BCUT2D eigenvalue weighted by atomic mass is 10.0. The fourth-order valence-corrected chi connectivity index (χ4v) is 2.76. The smallest absolute Gasteiger partial charge is 0.251 e. The number of fused-ring (bicyclic) bond motifs is 1. The first kappa shape index (κ1) is 15.0. The lowest BCUT2D eigenvalue weighted by molar-refractivity contribution is -0.00923. The van der Waals surface area contributed by atoms with E-state index in [1.807, 2.05) is 12.1 Å². The minimum atomic E-state index is -0.0858. The summed E-state index contributed by atoms with van der Waals surface area (Å²) in [5.74, 6) is -0.0576. The van der Waals surface area contributed by atoms with E-state index in [1.165, 1.54) is 0 Å². The average Bonchev–Trinajstić information content (AvgIpc) is 3.01. The summed E-state index contributed by atoms with van der Waals surface area (Å²) in [6, 6.07) is 5.49. The van der Waals surface area contributed by atoms with Crippen molar-refractivity contribution in [3.8, 4) is 0 Å². The van der Waals surface area contributed by atoms with Crippen LogP contribution in [0.3, 0.4) is 0 Å². The molecule has 0 aliphatic carbocycles. The molecule has 2 heterocycles. The second-order valence-electron chi connectivity index (χ2n) is 6.23. The Morgan fingerprint density at radius 1 is 1.41 bits per heavy atom. The van der Waals surface area contributed by atoms with Gasteiger partial charge in [-0.3, -0.25) is 9.69 Å². The number of hydrogen-bond acceptors (Lipinski definition) is 4. The number of morpholine rings is 1. The Hall–Kier alpha value is -1.92. The first-order valence-corrected chi connectivity index (χ1v) is 7.60. The average molecular weight is 302 g/mol. The Morgan fingerprint density at radius 2 is 2.18 bits per heavy atom. The molecule has 2 aromatic rings. The lowest BCUT2D eigenvalue weighted by Crippen LogP contribution is -2.55. The molecule has 0 saturated carbocycles. The summed E-state index contributed by atoms with van der Waals surface area (Å²) < 4.78 is 5.38. The van der Waals surface area contributed by atoms with Gasteiger partial charge >= 0.3 is 0 Å². The van der Waals surface area contributed by atoms with E-state index >= 15 is 0 Å². The van der Waals surface area contributed by atoms with Crippen LogP contribution in [0.1, 0.15) is 24.2 Å². The fraction of sp³-hybridized carbons (Fsp3) is 0.500. The summed E-state index contributed by atoms with van der Waals surface area (Å²) in [5, 5.41) is 3.04. The van der Waals surface area contributed by atoms with E-state index in [2.05, 4.69) is 34.0 Å². The highest BCUT2D eigenvalue weighted by Crippen LogP contribution is 2.16. The molecule has 118 valence electrons. The van der Waals surface area contributed by atoms with E-state index in [4.69, 9.17) is 4.74 Å². The van der Waals surface area contributed by atoms with Crippen LogP contribution in [0, 0.1) is 0 Å². The van der Waals surface area contributed by atoms with Gasteiger partial charge in [-0.2, -0.15) is 0 Å². The summed E-state index contributed by atoms with van der Waals surface area (Å²) >= 11 is 0. The van der Waals surface area contributed by atoms with Crippen molar-refractivity contribution in [3.63, 3.8) is 0 Å². The molecule has 3 rings (SSSR count). The van der Waals surface area contributed by atoms with Crippen LogP contribution in [-0.4, -0.2) is 59.2 Å². The van der Waals surface area contributed by atoms with Crippen molar-refractivity contribution in [1.29, 1.82) is 0 Å². The quantitative estimate of drug-likeness (QED) is 0.896. The zero-order valence-corrected chi connectivity index (χ0v) is 13.1. The van der Waals surface area contributed by atoms with Crippen LogP contribution in [0.5, 0.6) is 0 Å². The molecular formula is C16H22N4O2. The molecule has 22 heavy (non-hydrogen) atoms. The van der Waals surface area contributed by atoms with Crippen LogP contribution >= 0.6 is 0 Å². The van der Waals surface area contributed by atoms with E-state index in [9.17, 15) is 4.79 Å². The van der Waals surface area contributed by atoms with Crippen molar-refractivity contribution in [2.24, 2.45) is 0 Å². The van der Waals surface area contributed by atoms with Crippen molar-refractivity contribution in [2.75, 3.05) is 32.8 Å². The molecule has 0 spiro atoms. The maximum atomic E-state index is 12.4. The maximum absolute atomic E-state index is 12.4. The van der Waals surface area contributed by atoms with Gasteiger partial charge in [0.2, 0.25) is 0 Å². The Morgan fingerprint density at radius 3 is 2.95 bits per heavy atom. The number of carbonyl (C=O) groups is 1. The van der Waals surface area contributed by atoms with E-state index in [0.717, 1.165) is 37.3 Å². The summed E-state index contributed by atoms with van der Waals surface area (Å²) in [7, 11) is 0. The highest BCUT2D eigenvalue weighted by molar-refractivity contribution is 5.97. The largest absolute Gasteiger partial charge is 0.379 e. The number of ether oxygens (including phenoxy) is 1. The number of rotatable bonds is 4. The molecule has 1 aromatic heterocycles. The highest BCUT2D eigenvalue weighted by Gasteiger charge is 2.28. The van der Waals surface area contributed by atoms with Gasteiger partial charge in [0.25, 0.3) is 5.91 Å². The molecule has 1 amide bonds. The van der Waals surface area contributed by atoms with Crippen molar-refractivity contribution in [2.45, 2.75) is 19.4 Å². The SMILES string of the molecule is CC(C)(CNC(=O)c1ccc2nc[nH]c2c1)N1CCOCC1. The number of amides is 1. The van der Waals surface area contributed by atoms with Gasteiger partial charge in [-0.1, -0.05) is 0 Å². The number of carbonyl (C=O) groups excluding carboxylic acids is 1. The molecule has 0 unspecified atom stereocenters. The fourth-order valence-electron chi connectivity index (χ4n) is 2.76. The zero-order valence-electron chi connectivity index (χ0n) is 13.1. The second-order valence-corrected chi connectivity index (χ2v) is 6.23. The van der Waals surface area contributed by atoms with Gasteiger partial charge in [0, 0.05) is 30.7 Å². The molecule has 1 fully saturated rings. The monoisotopic (exact) mass is 302 g/mol. The molecule has 6 nitrogen and oxygen atoms in total. The Balaban J connectivity index is 1.63. The molecular weight excluding hydrogens is 280 g/mol. The van der Waals surface area contributed by atoms with Crippen LogP contribution in [0.2, 0.25) is 0 Å².